The Hall–Kier alpha value is -4.68. The van der Waals surface area contributed by atoms with Gasteiger partial charge in [-0.1, -0.05) is 0 Å². The molecule has 9 nitrogen and oxygen atoms in total. The first-order chi connectivity index (χ1) is 20.3. The van der Waals surface area contributed by atoms with E-state index in [0.717, 1.165) is 29.5 Å². The lowest BCUT2D eigenvalue weighted by atomic mass is 10.0. The molecule has 0 aliphatic carbocycles. The Kier molecular flexibility index (Phi) is 8.00. The van der Waals surface area contributed by atoms with E-state index < -0.39 is 21.7 Å². The first-order valence-electron chi connectivity index (χ1n) is 13.1. The summed E-state index contributed by atoms with van der Waals surface area (Å²) in [5.74, 6) is -0.861. The van der Waals surface area contributed by atoms with Crippen molar-refractivity contribution in [2.75, 3.05) is 24.2 Å². The van der Waals surface area contributed by atoms with Crippen molar-refractivity contribution in [2.24, 2.45) is 7.05 Å². The van der Waals surface area contributed by atoms with Crippen LogP contribution < -0.4 is 19.8 Å². The number of furan rings is 1. The molecule has 0 bridgehead atoms. The minimum Gasteiger partial charge on any atom is -0.491 e. The van der Waals surface area contributed by atoms with E-state index in [1.165, 1.54) is 29.0 Å². The number of rotatable bonds is 9. The highest BCUT2D eigenvalue weighted by Gasteiger charge is 2.21. The van der Waals surface area contributed by atoms with Crippen LogP contribution in [0, 0.1) is 25.5 Å². The van der Waals surface area contributed by atoms with Crippen molar-refractivity contribution in [3.63, 3.8) is 0 Å². The molecule has 3 aromatic carbocycles. The molecular weight excluding hydrogens is 582 g/mol. The number of benzene rings is 3. The van der Waals surface area contributed by atoms with E-state index in [1.807, 2.05) is 26.0 Å². The van der Waals surface area contributed by atoms with Gasteiger partial charge in [0, 0.05) is 41.7 Å². The lowest BCUT2D eigenvalue weighted by molar-refractivity contribution is 0.200. The molecule has 0 aliphatic rings. The highest BCUT2D eigenvalue weighted by Crippen LogP contribution is 2.41. The Balaban J connectivity index is 1.71. The maximum Gasteiger partial charge on any atom is 0.261 e. The van der Waals surface area contributed by atoms with Crippen molar-refractivity contribution in [3.8, 4) is 39.7 Å². The minimum absolute atomic E-state index is 0.0968. The van der Waals surface area contributed by atoms with Crippen molar-refractivity contribution in [1.29, 1.82) is 0 Å². The number of sulfonamides is 1. The summed E-state index contributed by atoms with van der Waals surface area (Å²) in [5, 5.41) is 9.38. The topological polar surface area (TPSA) is 120 Å². The van der Waals surface area contributed by atoms with Gasteiger partial charge < -0.3 is 23.6 Å². The van der Waals surface area contributed by atoms with Gasteiger partial charge in [-0.05, 0) is 73.5 Å². The predicted molar refractivity (Wildman–Crippen MR) is 159 cm³/mol. The molecule has 0 fully saturated rings. The molecule has 2 N–H and O–H groups in total. The maximum absolute atomic E-state index is 14.6. The zero-order chi connectivity index (χ0) is 31.1. The third kappa shape index (κ3) is 6.25. The van der Waals surface area contributed by atoms with Gasteiger partial charge in [-0.15, -0.1) is 0 Å². The largest absolute Gasteiger partial charge is 0.491 e. The molecule has 43 heavy (non-hydrogen) atoms. The molecule has 0 saturated heterocycles. The molecule has 224 valence electrons. The Labute approximate surface area is 246 Å². The van der Waals surface area contributed by atoms with Crippen molar-refractivity contribution in [1.82, 2.24) is 4.57 Å². The molecule has 5 rings (SSSR count). The van der Waals surface area contributed by atoms with Crippen molar-refractivity contribution >= 4 is 26.7 Å². The molecule has 0 radical (unpaired) electrons. The second kappa shape index (κ2) is 11.5. The minimum atomic E-state index is -3.66. The average Bonchev–Trinajstić information content (AvgIpc) is 3.38. The second-order valence-corrected chi connectivity index (χ2v) is 11.8. The van der Waals surface area contributed by atoms with Gasteiger partial charge in [0.2, 0.25) is 10.0 Å². The molecule has 2 heterocycles. The van der Waals surface area contributed by atoms with Gasteiger partial charge in [0.05, 0.1) is 18.2 Å². The molecule has 0 spiro atoms. The quantitative estimate of drug-likeness (QED) is 0.213. The lowest BCUT2D eigenvalue weighted by Crippen LogP contribution is -2.15. The molecule has 0 unspecified atom stereocenters. The lowest BCUT2D eigenvalue weighted by Gasteiger charge is -2.15. The van der Waals surface area contributed by atoms with Crippen LogP contribution in [-0.2, 0) is 17.1 Å². The number of hydrogen-bond acceptors (Lipinski definition) is 7. The van der Waals surface area contributed by atoms with E-state index in [-0.39, 0.29) is 52.5 Å². The van der Waals surface area contributed by atoms with Crippen LogP contribution in [0.25, 0.3) is 33.4 Å². The number of nitrogens with one attached hydrogen (secondary N) is 1. The van der Waals surface area contributed by atoms with Crippen molar-refractivity contribution < 1.29 is 36.2 Å². The van der Waals surface area contributed by atoms with Gasteiger partial charge in [-0.2, -0.15) is 0 Å². The summed E-state index contributed by atoms with van der Waals surface area (Å²) >= 11 is 0. The number of aromatic nitrogens is 1. The smallest absolute Gasteiger partial charge is 0.261 e. The third-order valence-corrected chi connectivity index (χ3v) is 7.23. The number of anilines is 1. The van der Waals surface area contributed by atoms with Crippen LogP contribution in [0.4, 0.5) is 14.5 Å². The summed E-state index contributed by atoms with van der Waals surface area (Å²) in [6, 6.07) is 12.5. The van der Waals surface area contributed by atoms with Gasteiger partial charge in [0.25, 0.3) is 5.56 Å². The standard InChI is InChI=1S/C31H28F2N2O7S/c1-17-11-19(12-18(2)29(17)40-10-9-36)28-15-23-30(42-28)24(16-35(3)31(23)37)22-14-21(34-43(4,38)39)6-8-26(22)41-27-7-5-20(32)13-25(27)33/h5-8,11-16,34,36H,9-10H2,1-4H3. The fourth-order valence-electron chi connectivity index (χ4n) is 4.84. The first kappa shape index (κ1) is 29.8. The van der Waals surface area contributed by atoms with Gasteiger partial charge in [-0.3, -0.25) is 9.52 Å². The number of aliphatic hydroxyl groups excluding tert-OH is 1. The summed E-state index contributed by atoms with van der Waals surface area (Å²) < 4.78 is 73.6. The van der Waals surface area contributed by atoms with Gasteiger partial charge in [0.15, 0.2) is 11.6 Å². The highest BCUT2D eigenvalue weighted by atomic mass is 32.2. The zero-order valence-electron chi connectivity index (χ0n) is 23.7. The number of fused-ring (bicyclic) bond motifs is 1. The van der Waals surface area contributed by atoms with E-state index in [0.29, 0.717) is 28.7 Å². The Morgan fingerprint density at radius 2 is 1.67 bits per heavy atom. The van der Waals surface area contributed by atoms with Crippen LogP contribution in [0.3, 0.4) is 0 Å². The van der Waals surface area contributed by atoms with Crippen molar-refractivity contribution in [3.05, 3.63) is 93.9 Å². The molecule has 0 saturated carbocycles. The van der Waals surface area contributed by atoms with E-state index in [1.54, 1.807) is 13.1 Å². The number of pyridine rings is 1. The van der Waals surface area contributed by atoms with Crippen molar-refractivity contribution in [2.45, 2.75) is 13.8 Å². The van der Waals surface area contributed by atoms with Crippen LogP contribution in [0.2, 0.25) is 0 Å². The van der Waals surface area contributed by atoms with Crippen LogP contribution in [0.1, 0.15) is 11.1 Å². The zero-order valence-corrected chi connectivity index (χ0v) is 24.5. The predicted octanol–water partition coefficient (Wildman–Crippen LogP) is 5.90. The number of aliphatic hydroxyl groups is 1. The van der Waals surface area contributed by atoms with Gasteiger partial charge >= 0.3 is 0 Å². The highest BCUT2D eigenvalue weighted by molar-refractivity contribution is 7.92. The normalized spacial score (nSPS) is 11.6. The second-order valence-electron chi connectivity index (χ2n) is 10.1. The molecule has 2 aromatic heterocycles. The molecule has 5 aromatic rings. The summed E-state index contributed by atoms with van der Waals surface area (Å²) in [5.41, 5.74) is 2.93. The van der Waals surface area contributed by atoms with Crippen LogP contribution >= 0.6 is 0 Å². The summed E-state index contributed by atoms with van der Waals surface area (Å²) in [6.45, 7) is 3.73. The summed E-state index contributed by atoms with van der Waals surface area (Å²) in [4.78, 5) is 13.2. The fraction of sp³-hybridized carbons (Fsp3) is 0.194. The third-order valence-electron chi connectivity index (χ3n) is 6.62. The number of aryl methyl sites for hydroxylation is 3. The molecule has 12 heteroatoms. The average molecular weight is 611 g/mol. The number of ether oxygens (including phenoxy) is 2. The van der Waals surface area contributed by atoms with E-state index in [2.05, 4.69) is 4.72 Å². The Morgan fingerprint density at radius 1 is 0.977 bits per heavy atom. The fourth-order valence-corrected chi connectivity index (χ4v) is 5.39. The maximum atomic E-state index is 14.6. The van der Waals surface area contributed by atoms with Crippen LogP contribution in [-0.4, -0.2) is 37.6 Å². The van der Waals surface area contributed by atoms with E-state index in [9.17, 15) is 22.0 Å². The van der Waals surface area contributed by atoms with E-state index >= 15 is 0 Å². The molecule has 0 atom stereocenters. The molecule has 0 amide bonds. The van der Waals surface area contributed by atoms with E-state index in [4.69, 9.17) is 19.0 Å². The molecule has 0 aliphatic heterocycles. The monoisotopic (exact) mass is 610 g/mol. The Bertz CT molecular complexity index is 2010. The molecular formula is C31H28F2N2O7S. The summed E-state index contributed by atoms with van der Waals surface area (Å²) in [7, 11) is -2.11. The summed E-state index contributed by atoms with van der Waals surface area (Å²) in [6.07, 6.45) is 2.51. The van der Waals surface area contributed by atoms with Crippen LogP contribution in [0.15, 0.2) is 70.0 Å². The first-order valence-corrected chi connectivity index (χ1v) is 15.0. The Morgan fingerprint density at radius 3 is 2.33 bits per heavy atom. The van der Waals surface area contributed by atoms with Gasteiger partial charge in [-0.25, -0.2) is 17.2 Å². The van der Waals surface area contributed by atoms with Gasteiger partial charge in [0.1, 0.15) is 35.3 Å². The SMILES string of the molecule is Cc1cc(-c2cc3c(=O)n(C)cc(-c4cc(NS(C)(=O)=O)ccc4Oc4ccc(F)cc4F)c3o2)cc(C)c1OCCO. The number of halogens is 2. The number of nitrogens with zero attached hydrogens (tertiary/aromatic N) is 1. The van der Waals surface area contributed by atoms with Crippen LogP contribution in [0.5, 0.6) is 17.2 Å². The number of hydrogen-bond donors (Lipinski definition) is 2.